The van der Waals surface area contributed by atoms with Gasteiger partial charge in [0.05, 0.1) is 0 Å². The minimum atomic E-state index is 0.312. The molecule has 0 atom stereocenters. The number of hydrogen-bond acceptors (Lipinski definition) is 2. The average molecular weight is 239 g/mol. The van der Waals surface area contributed by atoms with Crippen molar-refractivity contribution in [2.75, 3.05) is 13.1 Å². The Morgan fingerprint density at radius 2 is 1.94 bits per heavy atom. The summed E-state index contributed by atoms with van der Waals surface area (Å²) in [6.07, 6.45) is 3.83. The Kier molecular flexibility index (Phi) is 5.50. The third kappa shape index (κ3) is 4.67. The summed E-state index contributed by atoms with van der Waals surface area (Å²) in [5, 5.41) is 3.37. The fourth-order valence-electron chi connectivity index (χ4n) is 1.64. The first-order valence-electron chi connectivity index (χ1n) is 6.34. The van der Waals surface area contributed by atoms with Gasteiger partial charge in [-0.2, -0.15) is 0 Å². The van der Waals surface area contributed by atoms with E-state index in [-0.39, 0.29) is 0 Å². The molecule has 0 saturated heterocycles. The molecule has 1 N–H and O–H groups in total. The van der Waals surface area contributed by atoms with E-state index < -0.39 is 0 Å². The van der Waals surface area contributed by atoms with Crippen molar-refractivity contribution in [3.8, 4) is 0 Å². The Bertz CT molecular complexity index is 296. The van der Waals surface area contributed by atoms with Gasteiger partial charge in [-0.05, 0) is 49.9 Å². The van der Waals surface area contributed by atoms with Gasteiger partial charge in [0.1, 0.15) is 0 Å². The van der Waals surface area contributed by atoms with Crippen LogP contribution in [0.1, 0.15) is 50.3 Å². The van der Waals surface area contributed by atoms with Crippen LogP contribution in [0.4, 0.5) is 0 Å². The van der Waals surface area contributed by atoms with Crippen LogP contribution < -0.4 is 5.32 Å². The molecule has 2 heteroatoms. The normalized spacial score (nSPS) is 12.0. The quantitative estimate of drug-likeness (QED) is 0.741. The van der Waals surface area contributed by atoms with E-state index in [2.05, 4.69) is 45.1 Å². The zero-order chi connectivity index (χ0) is 12.0. The molecule has 0 bridgehead atoms. The lowest BCUT2D eigenvalue weighted by Gasteiger charge is -2.15. The highest BCUT2D eigenvalue weighted by Crippen LogP contribution is 2.29. The van der Waals surface area contributed by atoms with Crippen molar-refractivity contribution in [2.24, 2.45) is 0 Å². The van der Waals surface area contributed by atoms with E-state index in [1.807, 2.05) is 11.3 Å². The van der Waals surface area contributed by atoms with E-state index in [4.69, 9.17) is 0 Å². The summed E-state index contributed by atoms with van der Waals surface area (Å²) in [5.74, 6) is 0. The summed E-state index contributed by atoms with van der Waals surface area (Å²) in [5.41, 5.74) is 0.312. The van der Waals surface area contributed by atoms with E-state index in [1.54, 1.807) is 4.88 Å². The topological polar surface area (TPSA) is 12.0 Å². The maximum atomic E-state index is 3.37. The maximum absolute atomic E-state index is 3.37. The summed E-state index contributed by atoms with van der Waals surface area (Å²) in [6.45, 7) is 11.3. The highest BCUT2D eigenvalue weighted by molar-refractivity contribution is 7.12. The van der Waals surface area contributed by atoms with Gasteiger partial charge in [-0.1, -0.05) is 27.7 Å². The standard InChI is InChI=1S/C14H25NS/c1-5-15-11-7-6-8-12-9-10-13(16-12)14(2,3)4/h9-10,15H,5-8,11H2,1-4H3. The number of aryl methyl sites for hydroxylation is 1. The highest BCUT2D eigenvalue weighted by Gasteiger charge is 2.15. The lowest BCUT2D eigenvalue weighted by Crippen LogP contribution is -2.13. The van der Waals surface area contributed by atoms with E-state index in [9.17, 15) is 0 Å². The number of thiophene rings is 1. The molecule has 0 aliphatic rings. The van der Waals surface area contributed by atoms with Crippen LogP contribution in [0.3, 0.4) is 0 Å². The van der Waals surface area contributed by atoms with Crippen LogP contribution >= 0.6 is 11.3 Å². The molecule has 0 aliphatic carbocycles. The maximum Gasteiger partial charge on any atom is 0.0102 e. The molecule has 1 aromatic heterocycles. The molecule has 1 rings (SSSR count). The third-order valence-electron chi connectivity index (χ3n) is 2.68. The predicted molar refractivity (Wildman–Crippen MR) is 74.5 cm³/mol. The van der Waals surface area contributed by atoms with Crippen molar-refractivity contribution in [3.05, 3.63) is 21.9 Å². The zero-order valence-electron chi connectivity index (χ0n) is 11.1. The summed E-state index contributed by atoms with van der Waals surface area (Å²) >= 11 is 1.98. The SMILES string of the molecule is CCNCCCCc1ccc(C(C)(C)C)s1. The second-order valence-corrected chi connectivity index (χ2v) is 6.49. The fraction of sp³-hybridized carbons (Fsp3) is 0.714. The largest absolute Gasteiger partial charge is 0.317 e. The summed E-state index contributed by atoms with van der Waals surface area (Å²) in [7, 11) is 0. The molecule has 0 saturated carbocycles. The van der Waals surface area contributed by atoms with Crippen molar-refractivity contribution in [1.82, 2.24) is 5.32 Å². The van der Waals surface area contributed by atoms with Crippen LogP contribution in [0.25, 0.3) is 0 Å². The van der Waals surface area contributed by atoms with Crippen molar-refractivity contribution in [3.63, 3.8) is 0 Å². The number of rotatable bonds is 6. The Morgan fingerprint density at radius 3 is 2.50 bits per heavy atom. The van der Waals surface area contributed by atoms with Gasteiger partial charge in [-0.25, -0.2) is 0 Å². The molecule has 92 valence electrons. The van der Waals surface area contributed by atoms with Gasteiger partial charge in [0, 0.05) is 9.75 Å². The Hall–Kier alpha value is -0.340. The molecular formula is C14H25NS. The van der Waals surface area contributed by atoms with Gasteiger partial charge >= 0.3 is 0 Å². The lowest BCUT2D eigenvalue weighted by molar-refractivity contribution is 0.604. The van der Waals surface area contributed by atoms with Crippen LogP contribution in [-0.4, -0.2) is 13.1 Å². The lowest BCUT2D eigenvalue weighted by atomic mass is 9.95. The third-order valence-corrected chi connectivity index (χ3v) is 4.25. The van der Waals surface area contributed by atoms with Crippen LogP contribution in [0, 0.1) is 0 Å². The number of unbranched alkanes of at least 4 members (excludes halogenated alkanes) is 1. The molecule has 1 nitrogen and oxygen atoms in total. The van der Waals surface area contributed by atoms with Crippen LogP contribution in [0.5, 0.6) is 0 Å². The Balaban J connectivity index is 2.30. The van der Waals surface area contributed by atoms with Gasteiger partial charge in [0.25, 0.3) is 0 Å². The van der Waals surface area contributed by atoms with Crippen LogP contribution in [-0.2, 0) is 11.8 Å². The first-order valence-corrected chi connectivity index (χ1v) is 7.15. The average Bonchev–Trinajstić information content (AvgIpc) is 2.65. The van der Waals surface area contributed by atoms with Gasteiger partial charge in [-0.3, -0.25) is 0 Å². The van der Waals surface area contributed by atoms with Gasteiger partial charge in [-0.15, -0.1) is 11.3 Å². The molecular weight excluding hydrogens is 214 g/mol. The monoisotopic (exact) mass is 239 g/mol. The molecule has 0 fully saturated rings. The minimum absolute atomic E-state index is 0.312. The Morgan fingerprint density at radius 1 is 1.19 bits per heavy atom. The molecule has 0 unspecified atom stereocenters. The van der Waals surface area contributed by atoms with Crippen molar-refractivity contribution in [2.45, 2.75) is 52.4 Å². The van der Waals surface area contributed by atoms with E-state index >= 15 is 0 Å². The molecule has 0 radical (unpaired) electrons. The van der Waals surface area contributed by atoms with Crippen LogP contribution in [0.15, 0.2) is 12.1 Å². The van der Waals surface area contributed by atoms with Gasteiger partial charge in [0.2, 0.25) is 0 Å². The summed E-state index contributed by atoms with van der Waals surface area (Å²) in [4.78, 5) is 3.05. The van der Waals surface area contributed by atoms with Crippen molar-refractivity contribution in [1.29, 1.82) is 0 Å². The van der Waals surface area contributed by atoms with Crippen molar-refractivity contribution >= 4 is 11.3 Å². The van der Waals surface area contributed by atoms with Crippen LogP contribution in [0.2, 0.25) is 0 Å². The smallest absolute Gasteiger partial charge is 0.0102 e. The van der Waals surface area contributed by atoms with Crippen molar-refractivity contribution < 1.29 is 0 Å². The molecule has 0 aliphatic heterocycles. The van der Waals surface area contributed by atoms with E-state index in [1.165, 1.54) is 24.1 Å². The molecule has 0 spiro atoms. The molecule has 0 aromatic carbocycles. The number of nitrogens with one attached hydrogen (secondary N) is 1. The molecule has 0 amide bonds. The number of hydrogen-bond donors (Lipinski definition) is 1. The fourth-order valence-corrected chi connectivity index (χ4v) is 2.75. The first kappa shape index (κ1) is 13.7. The van der Waals surface area contributed by atoms with Gasteiger partial charge < -0.3 is 5.32 Å². The molecule has 16 heavy (non-hydrogen) atoms. The predicted octanol–water partition coefficient (Wildman–Crippen LogP) is 3.98. The van der Waals surface area contributed by atoms with E-state index in [0.29, 0.717) is 5.41 Å². The molecule has 1 aromatic rings. The minimum Gasteiger partial charge on any atom is -0.317 e. The zero-order valence-corrected chi connectivity index (χ0v) is 11.9. The highest BCUT2D eigenvalue weighted by atomic mass is 32.1. The first-order chi connectivity index (χ1) is 7.54. The second kappa shape index (κ2) is 6.41. The Labute approximate surface area is 104 Å². The molecule has 1 heterocycles. The van der Waals surface area contributed by atoms with Gasteiger partial charge in [0.15, 0.2) is 0 Å². The summed E-state index contributed by atoms with van der Waals surface area (Å²) < 4.78 is 0. The second-order valence-electron chi connectivity index (χ2n) is 5.33. The summed E-state index contributed by atoms with van der Waals surface area (Å²) in [6, 6.07) is 4.60. The van der Waals surface area contributed by atoms with E-state index in [0.717, 1.165) is 13.1 Å².